The second-order valence-electron chi connectivity index (χ2n) is 4.47. The molecule has 0 unspecified atom stereocenters. The third-order valence-corrected chi connectivity index (χ3v) is 4.25. The first-order valence-electron chi connectivity index (χ1n) is 6.26. The number of hydrogen-bond donors (Lipinski definition) is 1. The fraction of sp³-hybridized carbons (Fsp3) is 0.571. The van der Waals surface area contributed by atoms with E-state index in [-0.39, 0.29) is 0 Å². The maximum absolute atomic E-state index is 12.0. The Morgan fingerprint density at radius 3 is 2.47 bits per heavy atom. The van der Waals surface area contributed by atoms with Crippen LogP contribution in [-0.4, -0.2) is 21.2 Å². The summed E-state index contributed by atoms with van der Waals surface area (Å²) in [5, 5.41) is 9.77. The Hall–Kier alpha value is -0.670. The van der Waals surface area contributed by atoms with E-state index in [1.54, 1.807) is 0 Å². The molecular weight excluding hydrogens is 232 g/mol. The summed E-state index contributed by atoms with van der Waals surface area (Å²) in [7, 11) is -1.08. The van der Waals surface area contributed by atoms with Crippen molar-refractivity contribution in [3.8, 4) is 0 Å². The van der Waals surface area contributed by atoms with Crippen molar-refractivity contribution in [1.29, 1.82) is 0 Å². The summed E-state index contributed by atoms with van der Waals surface area (Å²) in [6.45, 7) is 4.14. The molecule has 0 fully saturated rings. The van der Waals surface area contributed by atoms with Gasteiger partial charge < -0.3 is 5.11 Å². The number of benzene rings is 1. The molecule has 2 nitrogen and oxygen atoms in total. The van der Waals surface area contributed by atoms with Crippen LogP contribution in [0.4, 0.5) is 0 Å². The van der Waals surface area contributed by atoms with Crippen LogP contribution in [0.15, 0.2) is 29.2 Å². The average molecular weight is 254 g/mol. The summed E-state index contributed by atoms with van der Waals surface area (Å²) in [5.74, 6) is 0.354. The first-order valence-corrected chi connectivity index (χ1v) is 7.58. The molecule has 0 radical (unpaired) electrons. The minimum Gasteiger partial charge on any atom is -0.392 e. The molecule has 1 aromatic carbocycles. The topological polar surface area (TPSA) is 37.3 Å². The monoisotopic (exact) mass is 254 g/mol. The minimum absolute atomic E-state index is 0.354. The molecular formula is C14H22O2S. The molecule has 0 saturated carbocycles. The van der Waals surface area contributed by atoms with Gasteiger partial charge in [0.1, 0.15) is 0 Å². The van der Waals surface area contributed by atoms with E-state index in [1.165, 1.54) is 0 Å². The van der Waals surface area contributed by atoms with Gasteiger partial charge >= 0.3 is 0 Å². The Morgan fingerprint density at radius 1 is 1.24 bits per heavy atom. The predicted molar refractivity (Wildman–Crippen MR) is 72.6 cm³/mol. The van der Waals surface area contributed by atoms with Gasteiger partial charge in [-0.05, 0) is 25.5 Å². The van der Waals surface area contributed by atoms with Crippen molar-refractivity contribution in [2.45, 2.75) is 50.5 Å². The van der Waals surface area contributed by atoms with Gasteiger partial charge in [0.15, 0.2) is 0 Å². The third kappa shape index (κ3) is 5.46. The normalized spacial score (nSPS) is 14.5. The molecule has 3 heteroatoms. The SMILES string of the molecule is CCCCC[C@H](O)C[S@@](=O)c1ccc(C)cc1. The van der Waals surface area contributed by atoms with Gasteiger partial charge in [0.25, 0.3) is 0 Å². The van der Waals surface area contributed by atoms with Crippen LogP contribution >= 0.6 is 0 Å². The molecule has 1 rings (SSSR count). The summed E-state index contributed by atoms with van der Waals surface area (Å²) < 4.78 is 12.0. The Morgan fingerprint density at radius 2 is 1.88 bits per heavy atom. The predicted octanol–water partition coefficient (Wildman–Crippen LogP) is 3.04. The van der Waals surface area contributed by atoms with Crippen molar-refractivity contribution in [2.24, 2.45) is 0 Å². The van der Waals surface area contributed by atoms with Gasteiger partial charge in [0.2, 0.25) is 0 Å². The molecule has 0 amide bonds. The molecule has 0 saturated heterocycles. The highest BCUT2D eigenvalue weighted by atomic mass is 32.2. The highest BCUT2D eigenvalue weighted by molar-refractivity contribution is 7.85. The molecule has 0 aliphatic carbocycles. The Labute approximate surface area is 107 Å². The highest BCUT2D eigenvalue weighted by Gasteiger charge is 2.10. The maximum atomic E-state index is 12.0. The van der Waals surface area contributed by atoms with Crippen LogP contribution in [0.25, 0.3) is 0 Å². The van der Waals surface area contributed by atoms with Crippen LogP contribution in [0.2, 0.25) is 0 Å². The molecule has 0 bridgehead atoms. The van der Waals surface area contributed by atoms with E-state index >= 15 is 0 Å². The summed E-state index contributed by atoms with van der Waals surface area (Å²) >= 11 is 0. The summed E-state index contributed by atoms with van der Waals surface area (Å²) in [6, 6.07) is 7.67. The van der Waals surface area contributed by atoms with Crippen molar-refractivity contribution < 1.29 is 9.32 Å². The van der Waals surface area contributed by atoms with Gasteiger partial charge in [-0.2, -0.15) is 0 Å². The van der Waals surface area contributed by atoms with Gasteiger partial charge in [-0.3, -0.25) is 4.21 Å². The van der Waals surface area contributed by atoms with Crippen LogP contribution in [0, 0.1) is 6.92 Å². The maximum Gasteiger partial charge on any atom is 0.0659 e. The number of aryl methyl sites for hydroxylation is 1. The molecule has 1 N–H and O–H groups in total. The van der Waals surface area contributed by atoms with E-state index < -0.39 is 16.9 Å². The lowest BCUT2D eigenvalue weighted by molar-refractivity contribution is 0.184. The number of aliphatic hydroxyl groups excluding tert-OH is 1. The number of unbranched alkanes of at least 4 members (excludes halogenated alkanes) is 2. The lowest BCUT2D eigenvalue weighted by Crippen LogP contribution is -2.16. The summed E-state index contributed by atoms with van der Waals surface area (Å²) in [4.78, 5) is 0.810. The molecule has 96 valence electrons. The standard InChI is InChI=1S/C14H22O2S/c1-3-4-5-6-13(15)11-17(16)14-9-7-12(2)8-10-14/h7-10,13,15H,3-6,11H2,1-2H3/t13-,17+/m0/s1. The van der Waals surface area contributed by atoms with Crippen molar-refractivity contribution in [1.82, 2.24) is 0 Å². The number of aliphatic hydroxyl groups is 1. The van der Waals surface area contributed by atoms with Gasteiger partial charge in [0, 0.05) is 4.90 Å². The third-order valence-electron chi connectivity index (χ3n) is 2.77. The minimum atomic E-state index is -1.08. The van der Waals surface area contributed by atoms with Crippen molar-refractivity contribution >= 4 is 10.8 Å². The average Bonchev–Trinajstić information content (AvgIpc) is 2.30. The Kier molecular flexibility index (Phi) is 6.45. The van der Waals surface area contributed by atoms with Gasteiger partial charge in [-0.15, -0.1) is 0 Å². The van der Waals surface area contributed by atoms with Crippen LogP contribution < -0.4 is 0 Å². The second-order valence-corrected chi connectivity index (χ2v) is 5.97. The second kappa shape index (κ2) is 7.62. The van der Waals surface area contributed by atoms with E-state index in [9.17, 15) is 9.32 Å². The van der Waals surface area contributed by atoms with E-state index in [2.05, 4.69) is 6.92 Å². The van der Waals surface area contributed by atoms with Crippen LogP contribution in [-0.2, 0) is 10.8 Å². The zero-order chi connectivity index (χ0) is 12.7. The smallest absolute Gasteiger partial charge is 0.0659 e. The van der Waals surface area contributed by atoms with Crippen molar-refractivity contribution in [2.75, 3.05) is 5.75 Å². The van der Waals surface area contributed by atoms with Crippen molar-refractivity contribution in [3.05, 3.63) is 29.8 Å². The molecule has 0 aliphatic rings. The number of hydrogen-bond acceptors (Lipinski definition) is 2. The van der Waals surface area contributed by atoms with Gasteiger partial charge in [-0.25, -0.2) is 0 Å². The van der Waals surface area contributed by atoms with E-state index in [0.717, 1.165) is 36.1 Å². The lowest BCUT2D eigenvalue weighted by Gasteiger charge is -2.10. The van der Waals surface area contributed by atoms with Crippen LogP contribution in [0.1, 0.15) is 38.2 Å². The molecule has 0 spiro atoms. The molecule has 1 aromatic rings. The fourth-order valence-corrected chi connectivity index (χ4v) is 2.82. The van der Waals surface area contributed by atoms with Crippen LogP contribution in [0.5, 0.6) is 0 Å². The summed E-state index contributed by atoms with van der Waals surface area (Å²) in [5.41, 5.74) is 1.16. The zero-order valence-electron chi connectivity index (χ0n) is 10.7. The quantitative estimate of drug-likeness (QED) is 0.759. The molecule has 2 atom stereocenters. The van der Waals surface area contributed by atoms with E-state index in [4.69, 9.17) is 0 Å². The van der Waals surface area contributed by atoms with Gasteiger partial charge in [-0.1, -0.05) is 43.9 Å². The number of rotatable bonds is 7. The molecule has 0 aromatic heterocycles. The Bertz CT molecular complexity index is 346. The lowest BCUT2D eigenvalue weighted by atomic mass is 10.1. The highest BCUT2D eigenvalue weighted by Crippen LogP contribution is 2.11. The fourth-order valence-electron chi connectivity index (χ4n) is 1.67. The largest absolute Gasteiger partial charge is 0.392 e. The van der Waals surface area contributed by atoms with E-state index in [0.29, 0.717) is 5.75 Å². The van der Waals surface area contributed by atoms with Crippen molar-refractivity contribution in [3.63, 3.8) is 0 Å². The molecule has 0 aliphatic heterocycles. The summed E-state index contributed by atoms with van der Waals surface area (Å²) in [6.07, 6.45) is 3.61. The van der Waals surface area contributed by atoms with E-state index in [1.807, 2.05) is 31.2 Å². The first-order chi connectivity index (χ1) is 8.13. The zero-order valence-corrected chi connectivity index (χ0v) is 11.5. The molecule has 17 heavy (non-hydrogen) atoms. The van der Waals surface area contributed by atoms with Crippen LogP contribution in [0.3, 0.4) is 0 Å². The van der Waals surface area contributed by atoms with Gasteiger partial charge in [0.05, 0.1) is 22.7 Å². The molecule has 0 heterocycles. The first kappa shape index (κ1) is 14.4. The Balaban J connectivity index is 2.40.